The van der Waals surface area contributed by atoms with Crippen LogP contribution in [0.3, 0.4) is 0 Å². The Balaban J connectivity index is 2.83. The number of benzene rings is 1. The van der Waals surface area contributed by atoms with Gasteiger partial charge in [0.2, 0.25) is 0 Å². The number of methoxy groups -OCH3 is 1. The van der Waals surface area contributed by atoms with E-state index in [0.717, 1.165) is 0 Å². The predicted octanol–water partition coefficient (Wildman–Crippen LogP) is 0.950. The molecule has 0 spiro atoms. The SMILES string of the molecule is COCOc1ccc(C(=O)O)c(N)c1. The number of nitrogens with two attached hydrogens (primary N) is 1. The molecule has 0 radical (unpaired) electrons. The van der Waals surface area contributed by atoms with Crippen molar-refractivity contribution in [3.63, 3.8) is 0 Å². The number of carbonyl (C=O) groups is 1. The summed E-state index contributed by atoms with van der Waals surface area (Å²) in [6, 6.07) is 4.37. The van der Waals surface area contributed by atoms with Gasteiger partial charge in [0.1, 0.15) is 5.75 Å². The van der Waals surface area contributed by atoms with Crippen LogP contribution in [0.5, 0.6) is 5.75 Å². The zero-order valence-electron chi connectivity index (χ0n) is 7.69. The van der Waals surface area contributed by atoms with Crippen molar-refractivity contribution in [2.75, 3.05) is 19.6 Å². The average molecular weight is 197 g/mol. The van der Waals surface area contributed by atoms with Gasteiger partial charge in [-0.2, -0.15) is 0 Å². The van der Waals surface area contributed by atoms with Crippen LogP contribution in [0.4, 0.5) is 5.69 Å². The lowest BCUT2D eigenvalue weighted by atomic mass is 10.2. The van der Waals surface area contributed by atoms with Crippen molar-refractivity contribution < 1.29 is 19.4 Å². The molecule has 14 heavy (non-hydrogen) atoms. The molecule has 1 aromatic rings. The molecule has 0 unspecified atom stereocenters. The quantitative estimate of drug-likeness (QED) is 0.554. The highest BCUT2D eigenvalue weighted by atomic mass is 16.7. The van der Waals surface area contributed by atoms with E-state index in [1.165, 1.54) is 25.3 Å². The summed E-state index contributed by atoms with van der Waals surface area (Å²) >= 11 is 0. The lowest BCUT2D eigenvalue weighted by molar-refractivity contribution is 0.0511. The largest absolute Gasteiger partial charge is 0.478 e. The van der Waals surface area contributed by atoms with Crippen molar-refractivity contribution in [3.8, 4) is 5.75 Å². The predicted molar refractivity (Wildman–Crippen MR) is 50.3 cm³/mol. The zero-order chi connectivity index (χ0) is 10.6. The first-order valence-corrected chi connectivity index (χ1v) is 3.89. The Morgan fingerprint density at radius 1 is 1.57 bits per heavy atom. The molecule has 0 atom stereocenters. The Morgan fingerprint density at radius 3 is 2.79 bits per heavy atom. The molecule has 1 aromatic carbocycles. The van der Waals surface area contributed by atoms with E-state index in [9.17, 15) is 4.79 Å². The summed E-state index contributed by atoms with van der Waals surface area (Å²) in [6.07, 6.45) is 0. The molecule has 0 saturated carbocycles. The Hall–Kier alpha value is -1.75. The van der Waals surface area contributed by atoms with E-state index in [1.54, 1.807) is 0 Å². The smallest absolute Gasteiger partial charge is 0.337 e. The molecule has 3 N–H and O–H groups in total. The van der Waals surface area contributed by atoms with Crippen LogP contribution in [0.15, 0.2) is 18.2 Å². The summed E-state index contributed by atoms with van der Waals surface area (Å²) in [5, 5.41) is 8.69. The molecule has 0 amide bonds. The number of anilines is 1. The third-order valence-corrected chi connectivity index (χ3v) is 1.60. The van der Waals surface area contributed by atoms with Crippen LogP contribution in [0.2, 0.25) is 0 Å². The van der Waals surface area contributed by atoms with Crippen molar-refractivity contribution in [1.29, 1.82) is 0 Å². The second-order valence-corrected chi connectivity index (χ2v) is 2.61. The van der Waals surface area contributed by atoms with Gasteiger partial charge in [-0.15, -0.1) is 0 Å². The van der Waals surface area contributed by atoms with Crippen LogP contribution in [0.25, 0.3) is 0 Å². The normalized spacial score (nSPS) is 9.79. The molecule has 0 heterocycles. The number of rotatable bonds is 4. The van der Waals surface area contributed by atoms with Gasteiger partial charge in [-0.25, -0.2) is 4.79 Å². The van der Waals surface area contributed by atoms with E-state index in [0.29, 0.717) is 5.75 Å². The van der Waals surface area contributed by atoms with Gasteiger partial charge in [0.05, 0.1) is 5.56 Å². The number of carboxylic acids is 1. The zero-order valence-corrected chi connectivity index (χ0v) is 7.69. The van der Waals surface area contributed by atoms with E-state index in [2.05, 4.69) is 4.74 Å². The monoisotopic (exact) mass is 197 g/mol. The third-order valence-electron chi connectivity index (χ3n) is 1.60. The first-order valence-electron chi connectivity index (χ1n) is 3.89. The van der Waals surface area contributed by atoms with E-state index in [4.69, 9.17) is 15.6 Å². The highest BCUT2D eigenvalue weighted by Gasteiger charge is 2.07. The first-order chi connectivity index (χ1) is 6.65. The summed E-state index contributed by atoms with van der Waals surface area (Å²) < 4.78 is 9.76. The van der Waals surface area contributed by atoms with Crippen LogP contribution < -0.4 is 10.5 Å². The standard InChI is InChI=1S/C9H11NO4/c1-13-5-14-6-2-3-7(9(11)12)8(10)4-6/h2-4H,5,10H2,1H3,(H,11,12). The maximum absolute atomic E-state index is 10.6. The molecule has 0 saturated heterocycles. The maximum Gasteiger partial charge on any atom is 0.337 e. The minimum absolute atomic E-state index is 0.0646. The summed E-state index contributed by atoms with van der Waals surface area (Å²) in [5.41, 5.74) is 5.73. The van der Waals surface area contributed by atoms with E-state index in [-0.39, 0.29) is 18.0 Å². The fraction of sp³-hybridized carbons (Fsp3) is 0.222. The van der Waals surface area contributed by atoms with E-state index in [1.807, 2.05) is 0 Å². The fourth-order valence-electron chi connectivity index (χ4n) is 0.952. The van der Waals surface area contributed by atoms with Crippen molar-refractivity contribution in [1.82, 2.24) is 0 Å². The highest BCUT2D eigenvalue weighted by Crippen LogP contribution is 2.19. The van der Waals surface area contributed by atoms with Crippen molar-refractivity contribution in [2.24, 2.45) is 0 Å². The summed E-state index contributed by atoms with van der Waals surface area (Å²) in [4.78, 5) is 10.6. The lowest BCUT2D eigenvalue weighted by Gasteiger charge is -2.06. The number of nitrogen functional groups attached to an aromatic ring is 1. The highest BCUT2D eigenvalue weighted by molar-refractivity contribution is 5.93. The second-order valence-electron chi connectivity index (χ2n) is 2.61. The number of ether oxygens (including phenoxy) is 2. The number of hydrogen-bond donors (Lipinski definition) is 2. The topological polar surface area (TPSA) is 81.8 Å². The molecular weight excluding hydrogens is 186 g/mol. The number of hydrogen-bond acceptors (Lipinski definition) is 4. The van der Waals surface area contributed by atoms with Crippen molar-refractivity contribution >= 4 is 11.7 Å². The molecule has 0 fully saturated rings. The Bertz CT molecular complexity index is 338. The van der Waals surface area contributed by atoms with Gasteiger partial charge in [0.25, 0.3) is 0 Å². The molecule has 76 valence electrons. The van der Waals surface area contributed by atoms with Crippen molar-refractivity contribution in [2.45, 2.75) is 0 Å². The van der Waals surface area contributed by atoms with Crippen LogP contribution >= 0.6 is 0 Å². The van der Waals surface area contributed by atoms with Gasteiger partial charge in [-0.1, -0.05) is 0 Å². The molecule has 0 aliphatic carbocycles. The second kappa shape index (κ2) is 4.48. The Kier molecular flexibility index (Phi) is 3.30. The Labute approximate surface area is 81.0 Å². The molecule has 0 aliphatic rings. The molecular formula is C9H11NO4. The summed E-state index contributed by atoms with van der Waals surface area (Å²) in [7, 11) is 1.50. The first kappa shape index (κ1) is 10.3. The number of aromatic carboxylic acids is 1. The van der Waals surface area contributed by atoms with Gasteiger partial charge in [-0.3, -0.25) is 0 Å². The maximum atomic E-state index is 10.6. The van der Waals surface area contributed by atoms with Gasteiger partial charge in [-0.05, 0) is 12.1 Å². The number of carboxylic acid groups (broad SMARTS) is 1. The molecule has 5 nitrogen and oxygen atoms in total. The van der Waals surface area contributed by atoms with Gasteiger partial charge in [0.15, 0.2) is 6.79 Å². The molecule has 0 bridgehead atoms. The Morgan fingerprint density at radius 2 is 2.29 bits per heavy atom. The lowest BCUT2D eigenvalue weighted by Crippen LogP contribution is -2.04. The summed E-state index contributed by atoms with van der Waals surface area (Å²) in [6.45, 7) is 0.103. The van der Waals surface area contributed by atoms with Crippen LogP contribution in [-0.2, 0) is 4.74 Å². The van der Waals surface area contributed by atoms with Crippen LogP contribution in [-0.4, -0.2) is 25.0 Å². The molecule has 1 rings (SSSR count). The van der Waals surface area contributed by atoms with Gasteiger partial charge in [0, 0.05) is 18.9 Å². The van der Waals surface area contributed by atoms with Crippen molar-refractivity contribution in [3.05, 3.63) is 23.8 Å². The molecule has 0 aromatic heterocycles. The van der Waals surface area contributed by atoms with Gasteiger partial charge < -0.3 is 20.3 Å². The van der Waals surface area contributed by atoms with Crippen LogP contribution in [0, 0.1) is 0 Å². The van der Waals surface area contributed by atoms with E-state index >= 15 is 0 Å². The fourth-order valence-corrected chi connectivity index (χ4v) is 0.952. The minimum atomic E-state index is -1.05. The molecule has 5 heteroatoms. The van der Waals surface area contributed by atoms with E-state index < -0.39 is 5.97 Å². The third kappa shape index (κ3) is 2.37. The van der Waals surface area contributed by atoms with Crippen LogP contribution in [0.1, 0.15) is 10.4 Å². The average Bonchev–Trinajstić information content (AvgIpc) is 2.14. The summed E-state index contributed by atoms with van der Waals surface area (Å²) in [5.74, 6) is -0.574. The molecule has 0 aliphatic heterocycles. The minimum Gasteiger partial charge on any atom is -0.478 e. The van der Waals surface area contributed by atoms with Gasteiger partial charge >= 0.3 is 5.97 Å².